The van der Waals surface area contributed by atoms with Gasteiger partial charge in [0.2, 0.25) is 5.91 Å². The summed E-state index contributed by atoms with van der Waals surface area (Å²) in [6.45, 7) is 5.89. The van der Waals surface area contributed by atoms with E-state index in [4.69, 9.17) is 4.74 Å². The quantitative estimate of drug-likeness (QED) is 0.789. The fourth-order valence-corrected chi connectivity index (χ4v) is 5.01. The number of fused-ring (bicyclic) bond motifs is 1. The minimum Gasteiger partial charge on any atom is -0.486 e. The molecule has 0 saturated carbocycles. The van der Waals surface area contributed by atoms with Crippen molar-refractivity contribution in [3.05, 3.63) is 29.8 Å². The number of nitrogens with zero attached hydrogens (tertiary/aromatic N) is 1. The topological polar surface area (TPSA) is 50.6 Å². The standard InChI is InChI=1S/C21H31N3O2/c1-16(25)24-11-7-17(8-12-24)22-19-15-21(9-13-23(2)14-10-21)26-20-6-4-3-5-18(19)20/h3-6,17,19,22H,7-15H2,1-2H3/p+2/t19-/m0/s1. The number of hydrogen-bond donors (Lipinski definition) is 2. The number of nitrogens with one attached hydrogen (secondary N) is 1. The Morgan fingerprint density at radius 1 is 1.23 bits per heavy atom. The Bertz CT molecular complexity index is 646. The zero-order chi connectivity index (χ0) is 18.1. The van der Waals surface area contributed by atoms with Gasteiger partial charge in [0.15, 0.2) is 0 Å². The van der Waals surface area contributed by atoms with E-state index >= 15 is 0 Å². The molecule has 1 aromatic carbocycles. The van der Waals surface area contributed by atoms with E-state index in [1.54, 1.807) is 11.8 Å². The van der Waals surface area contributed by atoms with Gasteiger partial charge in [-0.1, -0.05) is 12.1 Å². The monoisotopic (exact) mass is 359 g/mol. The van der Waals surface area contributed by atoms with Gasteiger partial charge in [-0.15, -0.1) is 0 Å². The number of likely N-dealkylation sites (tertiary alicyclic amines) is 2. The van der Waals surface area contributed by atoms with Crippen LogP contribution in [0.3, 0.4) is 0 Å². The van der Waals surface area contributed by atoms with E-state index < -0.39 is 0 Å². The molecule has 0 aliphatic carbocycles. The highest BCUT2D eigenvalue weighted by Crippen LogP contribution is 2.41. The van der Waals surface area contributed by atoms with Crippen LogP contribution < -0.4 is 15.0 Å². The SMILES string of the molecule is CC(=O)N1CCC([NH2+][C@H]2CC3(CC[NH+](C)CC3)Oc3ccccc32)CC1. The van der Waals surface area contributed by atoms with Gasteiger partial charge in [0.05, 0.1) is 31.7 Å². The summed E-state index contributed by atoms with van der Waals surface area (Å²) >= 11 is 0. The van der Waals surface area contributed by atoms with Crippen molar-refractivity contribution in [1.82, 2.24) is 4.90 Å². The van der Waals surface area contributed by atoms with Crippen LogP contribution in [0.2, 0.25) is 0 Å². The number of benzene rings is 1. The smallest absolute Gasteiger partial charge is 0.219 e. The molecule has 0 radical (unpaired) electrons. The first-order chi connectivity index (χ1) is 12.5. The number of nitrogens with two attached hydrogens (primary N) is 1. The minimum absolute atomic E-state index is 0.0229. The summed E-state index contributed by atoms with van der Waals surface area (Å²) < 4.78 is 6.59. The van der Waals surface area contributed by atoms with E-state index in [9.17, 15) is 4.79 Å². The fourth-order valence-electron chi connectivity index (χ4n) is 5.01. The Morgan fingerprint density at radius 2 is 1.92 bits per heavy atom. The van der Waals surface area contributed by atoms with E-state index in [1.807, 2.05) is 4.90 Å². The zero-order valence-electron chi connectivity index (χ0n) is 16.2. The number of amides is 1. The van der Waals surface area contributed by atoms with Crippen molar-refractivity contribution in [3.8, 4) is 5.75 Å². The molecule has 0 bridgehead atoms. The predicted molar refractivity (Wildman–Crippen MR) is 100 cm³/mol. The molecule has 1 atom stereocenters. The van der Waals surface area contributed by atoms with Gasteiger partial charge in [0.1, 0.15) is 17.4 Å². The second-order valence-electron chi connectivity index (χ2n) is 8.63. The maximum absolute atomic E-state index is 11.6. The number of para-hydroxylation sites is 1. The third kappa shape index (κ3) is 3.60. The van der Waals surface area contributed by atoms with Gasteiger partial charge >= 0.3 is 0 Å². The average Bonchev–Trinajstić information content (AvgIpc) is 2.65. The van der Waals surface area contributed by atoms with Crippen LogP contribution in [0.4, 0.5) is 0 Å². The Kier molecular flexibility index (Phi) is 4.93. The van der Waals surface area contributed by atoms with Crippen molar-refractivity contribution >= 4 is 5.91 Å². The predicted octanol–water partition coefficient (Wildman–Crippen LogP) is 0.132. The molecule has 5 nitrogen and oxygen atoms in total. The molecule has 0 unspecified atom stereocenters. The maximum Gasteiger partial charge on any atom is 0.219 e. The molecule has 4 rings (SSSR count). The van der Waals surface area contributed by atoms with Gasteiger partial charge in [0.25, 0.3) is 0 Å². The number of ether oxygens (including phenoxy) is 1. The van der Waals surface area contributed by atoms with Crippen LogP contribution in [0.1, 0.15) is 50.6 Å². The summed E-state index contributed by atoms with van der Waals surface area (Å²) in [5, 5.41) is 2.59. The van der Waals surface area contributed by atoms with E-state index in [-0.39, 0.29) is 11.5 Å². The van der Waals surface area contributed by atoms with Crippen LogP contribution in [0, 0.1) is 0 Å². The first kappa shape index (κ1) is 17.8. The first-order valence-corrected chi connectivity index (χ1v) is 10.2. The van der Waals surface area contributed by atoms with Gasteiger partial charge in [0, 0.05) is 52.1 Å². The van der Waals surface area contributed by atoms with Crippen molar-refractivity contribution in [2.24, 2.45) is 0 Å². The molecule has 3 aliphatic heterocycles. The lowest BCUT2D eigenvalue weighted by Crippen LogP contribution is -3.11. The summed E-state index contributed by atoms with van der Waals surface area (Å²) in [6.07, 6.45) is 5.61. The third-order valence-corrected chi connectivity index (χ3v) is 6.74. The molecular formula is C21H33N3O2+2. The van der Waals surface area contributed by atoms with Crippen molar-refractivity contribution in [1.29, 1.82) is 0 Å². The number of rotatable bonds is 2. The van der Waals surface area contributed by atoms with Crippen LogP contribution in [0.5, 0.6) is 5.75 Å². The summed E-state index contributed by atoms with van der Waals surface area (Å²) in [5.74, 6) is 1.31. The molecule has 3 N–H and O–H groups in total. The highest BCUT2D eigenvalue weighted by molar-refractivity contribution is 5.73. The molecule has 26 heavy (non-hydrogen) atoms. The molecular weight excluding hydrogens is 326 g/mol. The first-order valence-electron chi connectivity index (χ1n) is 10.2. The highest BCUT2D eigenvalue weighted by Gasteiger charge is 2.46. The van der Waals surface area contributed by atoms with Gasteiger partial charge in [-0.25, -0.2) is 0 Å². The Labute approximate surface area is 156 Å². The minimum atomic E-state index is 0.0229. The number of piperidine rings is 2. The molecule has 3 heterocycles. The molecule has 1 aromatic rings. The van der Waals surface area contributed by atoms with Crippen molar-refractivity contribution < 1.29 is 19.7 Å². The number of carbonyl (C=O) groups excluding carboxylic acids is 1. The second-order valence-corrected chi connectivity index (χ2v) is 8.63. The van der Waals surface area contributed by atoms with Crippen LogP contribution in [-0.4, -0.2) is 55.7 Å². The summed E-state index contributed by atoms with van der Waals surface area (Å²) in [5.41, 5.74) is 1.38. The maximum atomic E-state index is 11.6. The Balaban J connectivity index is 1.48. The van der Waals surface area contributed by atoms with E-state index in [2.05, 4.69) is 36.6 Å². The molecule has 2 saturated heterocycles. The van der Waals surface area contributed by atoms with Crippen LogP contribution >= 0.6 is 0 Å². The molecule has 0 aromatic heterocycles. The van der Waals surface area contributed by atoms with Gasteiger partial charge < -0.3 is 19.9 Å². The summed E-state index contributed by atoms with van der Waals surface area (Å²) in [6, 6.07) is 9.72. The molecule has 5 heteroatoms. The highest BCUT2D eigenvalue weighted by atomic mass is 16.5. The largest absolute Gasteiger partial charge is 0.486 e. The van der Waals surface area contributed by atoms with Crippen molar-refractivity contribution in [2.75, 3.05) is 33.2 Å². The number of carbonyl (C=O) groups is 1. The van der Waals surface area contributed by atoms with Crippen molar-refractivity contribution in [3.63, 3.8) is 0 Å². The lowest BCUT2D eigenvalue weighted by molar-refractivity contribution is -0.887. The molecule has 1 spiro atoms. The average molecular weight is 360 g/mol. The summed E-state index contributed by atoms with van der Waals surface area (Å²) in [4.78, 5) is 15.2. The Hall–Kier alpha value is -1.59. The third-order valence-electron chi connectivity index (χ3n) is 6.74. The lowest BCUT2D eigenvalue weighted by atomic mass is 9.80. The van der Waals surface area contributed by atoms with Crippen LogP contribution in [0.15, 0.2) is 24.3 Å². The Morgan fingerprint density at radius 3 is 2.62 bits per heavy atom. The number of hydrogen-bond acceptors (Lipinski definition) is 2. The van der Waals surface area contributed by atoms with E-state index in [0.717, 1.165) is 50.9 Å². The number of quaternary nitrogens is 2. The van der Waals surface area contributed by atoms with Crippen molar-refractivity contribution in [2.45, 2.75) is 56.7 Å². The molecule has 142 valence electrons. The molecule has 1 amide bonds. The van der Waals surface area contributed by atoms with Gasteiger partial charge in [-0.3, -0.25) is 4.79 Å². The summed E-state index contributed by atoms with van der Waals surface area (Å²) in [7, 11) is 2.29. The van der Waals surface area contributed by atoms with Crippen LogP contribution in [-0.2, 0) is 4.79 Å². The molecule has 3 aliphatic rings. The van der Waals surface area contributed by atoms with Crippen LogP contribution in [0.25, 0.3) is 0 Å². The normalized spacial score (nSPS) is 32.2. The van der Waals surface area contributed by atoms with Gasteiger partial charge in [-0.05, 0) is 12.1 Å². The zero-order valence-corrected chi connectivity index (χ0v) is 16.2. The fraction of sp³-hybridized carbons (Fsp3) is 0.667. The lowest BCUT2D eigenvalue weighted by Gasteiger charge is -2.45. The van der Waals surface area contributed by atoms with E-state index in [0.29, 0.717) is 12.1 Å². The van der Waals surface area contributed by atoms with E-state index in [1.165, 1.54) is 18.7 Å². The molecule has 2 fully saturated rings. The second kappa shape index (κ2) is 7.20. The van der Waals surface area contributed by atoms with Gasteiger partial charge in [-0.2, -0.15) is 0 Å².